The zero-order valence-electron chi connectivity index (χ0n) is 15.1. The van der Waals surface area contributed by atoms with Crippen molar-refractivity contribution in [3.8, 4) is 0 Å². The molecule has 1 rings (SSSR count). The Morgan fingerprint density at radius 2 is 1.62 bits per heavy atom. The van der Waals surface area contributed by atoms with Crippen LogP contribution in [-0.4, -0.2) is 54.5 Å². The van der Waals surface area contributed by atoms with E-state index in [1.807, 2.05) is 0 Å². The predicted molar refractivity (Wildman–Crippen MR) is 85.9 cm³/mol. The molecule has 0 bridgehead atoms. The van der Waals surface area contributed by atoms with E-state index in [1.165, 1.54) is 18.2 Å². The molecular formula is C17H15F7N2O2W-. The van der Waals surface area contributed by atoms with Gasteiger partial charge in [-0.15, -0.1) is 0 Å². The van der Waals surface area contributed by atoms with Crippen LogP contribution in [0.3, 0.4) is 0 Å². The standard InChI is InChI=1S/C15H15F6N2.2CO.FH.W/c1-23(2)8-7-22-10-11-5-3-4-6-12(11)13(15(19,20)21)9-14(16,17)18;2*1-2;;/h3-6,10H,7-8H2,1-2H3;;;1H;/q-1;;;;+1/p-1. The van der Waals surface area contributed by atoms with E-state index in [0.29, 0.717) is 6.54 Å². The number of nitrogens with zero attached hydrogens (tertiary/aromatic N) is 2. The Morgan fingerprint density at radius 3 is 2.03 bits per heavy atom. The first-order valence-corrected chi connectivity index (χ1v) is 9.88. The molecule has 0 aliphatic rings. The minimum atomic E-state index is -5.36. The summed E-state index contributed by atoms with van der Waals surface area (Å²) in [6.45, 7) is 9.78. The average Bonchev–Trinajstić information content (AvgIpc) is 2.65. The third-order valence-electron chi connectivity index (χ3n) is 2.98. The number of hydrogen-bond acceptors (Lipinski definition) is 2. The second kappa shape index (κ2) is 14.3. The number of rotatable bonds is 6. The maximum atomic E-state index is 13.3. The molecule has 0 saturated heterocycles. The summed E-state index contributed by atoms with van der Waals surface area (Å²) in [5, 5.41) is 0. The molecule has 0 radical (unpaired) electrons. The number of hydrogen-bond donors (Lipinski definition) is 0. The third kappa shape index (κ3) is 10.6. The number of likely N-dealkylation sites (N-methyl/N-ethyl adjacent to an activating group) is 1. The zero-order valence-corrected chi connectivity index (χ0v) is 18.0. The predicted octanol–water partition coefficient (Wildman–Crippen LogP) is 3.78. The van der Waals surface area contributed by atoms with Crippen LogP contribution in [0.4, 0.5) is 29.5 Å². The van der Waals surface area contributed by atoms with Gasteiger partial charge < -0.3 is 0 Å². The molecule has 0 aliphatic carbocycles. The van der Waals surface area contributed by atoms with Crippen molar-refractivity contribution in [1.82, 2.24) is 4.90 Å². The Hall–Kier alpha value is -1.73. The van der Waals surface area contributed by atoms with E-state index in [2.05, 4.69) is 18.3 Å². The van der Waals surface area contributed by atoms with Gasteiger partial charge >= 0.3 is 172 Å². The van der Waals surface area contributed by atoms with Crippen LogP contribution in [0.25, 0.3) is 0 Å². The van der Waals surface area contributed by atoms with Gasteiger partial charge in [0.15, 0.2) is 0 Å². The molecule has 0 fully saturated rings. The fourth-order valence-electron chi connectivity index (χ4n) is 1.89. The van der Waals surface area contributed by atoms with Gasteiger partial charge in [0.1, 0.15) is 0 Å². The summed E-state index contributed by atoms with van der Waals surface area (Å²) in [6.07, 6.45) is -9.61. The number of aliphatic imine (C=N–C) groups is 1. The molecule has 0 unspecified atom stereocenters. The first-order valence-electron chi connectivity index (χ1n) is 7.30. The summed E-state index contributed by atoms with van der Waals surface area (Å²) in [5.41, 5.74) is -0.851. The molecule has 0 heterocycles. The average molecular weight is 596 g/mol. The summed E-state index contributed by atoms with van der Waals surface area (Å²) in [5.74, 6) is -1.96. The van der Waals surface area contributed by atoms with Gasteiger partial charge in [-0.1, -0.05) is 0 Å². The molecular weight excluding hydrogens is 581 g/mol. The van der Waals surface area contributed by atoms with Gasteiger partial charge in [0.2, 0.25) is 0 Å². The van der Waals surface area contributed by atoms with Crippen LogP contribution in [-0.2, 0) is 27.9 Å². The van der Waals surface area contributed by atoms with Crippen molar-refractivity contribution in [3.05, 3.63) is 54.6 Å². The second-order valence-corrected chi connectivity index (χ2v) is 7.22. The van der Waals surface area contributed by atoms with Crippen LogP contribution in [0.2, 0.25) is 0 Å². The van der Waals surface area contributed by atoms with E-state index in [9.17, 15) is 29.5 Å². The molecule has 29 heavy (non-hydrogen) atoms. The Bertz CT molecular complexity index is 705. The van der Waals surface area contributed by atoms with Crippen LogP contribution in [0.5, 0.6) is 0 Å². The van der Waals surface area contributed by atoms with E-state index in [0.717, 1.165) is 12.3 Å². The van der Waals surface area contributed by atoms with Crippen molar-refractivity contribution >= 4 is 10.1 Å². The fraction of sp³-hybridized carbons (Fsp3) is 0.353. The molecule has 0 saturated carbocycles. The zero-order chi connectivity index (χ0) is 23.3. The summed E-state index contributed by atoms with van der Waals surface area (Å²) < 4.78 is 105. The van der Waals surface area contributed by atoms with E-state index >= 15 is 0 Å². The van der Waals surface area contributed by atoms with E-state index in [4.69, 9.17) is 9.30 Å². The molecule has 0 aromatic heterocycles. The molecule has 0 amide bonds. The van der Waals surface area contributed by atoms with Crippen molar-refractivity contribution in [2.75, 3.05) is 27.2 Å². The molecule has 0 aliphatic heterocycles. The van der Waals surface area contributed by atoms with Crippen molar-refractivity contribution in [2.45, 2.75) is 12.4 Å². The van der Waals surface area contributed by atoms with Gasteiger partial charge in [0.05, 0.1) is 0 Å². The van der Waals surface area contributed by atoms with E-state index in [-0.39, 0.29) is 12.1 Å². The molecule has 161 valence electrons. The van der Waals surface area contributed by atoms with E-state index < -0.39 is 46.4 Å². The normalized spacial score (nSPS) is 12.0. The van der Waals surface area contributed by atoms with Gasteiger partial charge in [-0.3, -0.25) is 0 Å². The Balaban J connectivity index is 0. The second-order valence-electron chi connectivity index (χ2n) is 5.20. The van der Waals surface area contributed by atoms with Crippen LogP contribution in [0.15, 0.2) is 29.3 Å². The van der Waals surface area contributed by atoms with Gasteiger partial charge in [0.25, 0.3) is 0 Å². The van der Waals surface area contributed by atoms with Crippen LogP contribution in [0.1, 0.15) is 11.1 Å². The molecule has 1 aromatic carbocycles. The van der Waals surface area contributed by atoms with E-state index in [1.54, 1.807) is 19.0 Å². The Kier molecular flexibility index (Phi) is 14.5. The molecule has 0 atom stereocenters. The molecule has 4 nitrogen and oxygen atoms in total. The monoisotopic (exact) mass is 596 g/mol. The van der Waals surface area contributed by atoms with Gasteiger partial charge in [-0.2, -0.15) is 0 Å². The summed E-state index contributed by atoms with van der Waals surface area (Å²) in [7, 11) is 3.55. The van der Waals surface area contributed by atoms with Crippen molar-refractivity contribution in [2.24, 2.45) is 4.99 Å². The molecule has 0 spiro atoms. The summed E-state index contributed by atoms with van der Waals surface area (Å²) >= 11 is -3.88. The number of halogens is 7. The summed E-state index contributed by atoms with van der Waals surface area (Å²) in [6, 6.07) is 4.68. The van der Waals surface area contributed by atoms with Crippen molar-refractivity contribution in [3.63, 3.8) is 0 Å². The fourth-order valence-corrected chi connectivity index (χ4v) is 3.29. The van der Waals surface area contributed by atoms with Crippen molar-refractivity contribution in [1.29, 1.82) is 0 Å². The maximum absolute atomic E-state index is 13.3. The quantitative estimate of drug-likeness (QED) is 0.214. The minimum absolute atomic E-state index is 0.136. The number of benzene rings is 1. The third-order valence-corrected chi connectivity index (χ3v) is 5.10. The first-order chi connectivity index (χ1) is 13.5. The van der Waals surface area contributed by atoms with Gasteiger partial charge in [-0.05, 0) is 0 Å². The Morgan fingerprint density at radius 1 is 1.10 bits per heavy atom. The Labute approximate surface area is 171 Å². The van der Waals surface area contributed by atoms with Gasteiger partial charge in [0, 0.05) is 0 Å². The topological polar surface area (TPSA) is 55.4 Å². The molecule has 0 N–H and O–H groups in total. The van der Waals surface area contributed by atoms with Gasteiger partial charge in [-0.25, -0.2) is 0 Å². The first kappa shape index (κ1) is 29.5. The molecule has 1 aromatic rings. The van der Waals surface area contributed by atoms with Crippen LogP contribution >= 0.6 is 0 Å². The molecule has 12 heteroatoms. The van der Waals surface area contributed by atoms with Crippen molar-refractivity contribution < 1.29 is 57.4 Å². The number of alkyl halides is 6. The summed E-state index contributed by atoms with van der Waals surface area (Å²) in [4.78, 5) is 5.73. The van der Waals surface area contributed by atoms with Crippen LogP contribution < -0.4 is 0 Å². The van der Waals surface area contributed by atoms with Crippen LogP contribution in [0, 0.1) is 19.2 Å². The SMILES string of the molecule is CN(C)CCN=Cc1ccccc1[C-]([C](=[W][F])C(F)(F)F)C(F)(F)F.[C-]#[O+].[C-]#[O+].